The van der Waals surface area contributed by atoms with Crippen molar-refractivity contribution in [3.63, 3.8) is 0 Å². The van der Waals surface area contributed by atoms with Crippen LogP contribution in [0.15, 0.2) is 12.3 Å². The van der Waals surface area contributed by atoms with Crippen LogP contribution < -0.4 is 0 Å². The fraction of sp³-hybridized carbons (Fsp3) is 0.545. The molecule has 1 atom stereocenters. The Kier molecular flexibility index (Phi) is 4.83. The Morgan fingerprint density at radius 2 is 2.31 bits per heavy atom. The van der Waals surface area contributed by atoms with Gasteiger partial charge in [-0.3, -0.25) is 0 Å². The van der Waals surface area contributed by atoms with Crippen LogP contribution in [0.4, 0.5) is 0 Å². The van der Waals surface area contributed by atoms with Crippen molar-refractivity contribution in [1.82, 2.24) is 4.57 Å². The Morgan fingerprint density at radius 3 is 2.81 bits per heavy atom. The second-order valence-corrected chi connectivity index (χ2v) is 3.97. The van der Waals surface area contributed by atoms with Gasteiger partial charge in [0.1, 0.15) is 11.8 Å². The molecule has 0 aliphatic rings. The summed E-state index contributed by atoms with van der Waals surface area (Å²) >= 11 is 5.78. The highest BCUT2D eigenvalue weighted by atomic mass is 35.5. The first-order valence-electron chi connectivity index (χ1n) is 5.15. The normalized spacial score (nSPS) is 12.5. The second-order valence-electron chi connectivity index (χ2n) is 3.53. The highest BCUT2D eigenvalue weighted by Crippen LogP contribution is 2.14. The number of hydrogen-bond donors (Lipinski definition) is 0. The number of carbonyl (C=O) groups excluding carboxylic acids is 1. The number of hydrogen-bond acceptors (Lipinski definition) is 3. The van der Waals surface area contributed by atoms with E-state index in [1.165, 1.54) is 0 Å². The SMILES string of the molecule is CCOC[C@H](C)OC(=O)c1cc(Cl)cn1C. The van der Waals surface area contributed by atoms with Crippen molar-refractivity contribution in [3.05, 3.63) is 23.0 Å². The summed E-state index contributed by atoms with van der Waals surface area (Å²) in [6, 6.07) is 1.58. The van der Waals surface area contributed by atoms with E-state index in [2.05, 4.69) is 0 Å². The van der Waals surface area contributed by atoms with Gasteiger partial charge in [0, 0.05) is 19.9 Å². The third-order valence-electron chi connectivity index (χ3n) is 2.05. The summed E-state index contributed by atoms with van der Waals surface area (Å²) in [5.74, 6) is -0.387. The van der Waals surface area contributed by atoms with Crippen LogP contribution in [0.3, 0.4) is 0 Å². The van der Waals surface area contributed by atoms with Gasteiger partial charge in [-0.05, 0) is 19.9 Å². The van der Waals surface area contributed by atoms with Gasteiger partial charge in [-0.15, -0.1) is 0 Å². The molecule has 1 aromatic heterocycles. The number of carbonyl (C=O) groups is 1. The van der Waals surface area contributed by atoms with E-state index in [9.17, 15) is 4.79 Å². The van der Waals surface area contributed by atoms with Crippen molar-refractivity contribution in [1.29, 1.82) is 0 Å². The molecule has 0 amide bonds. The lowest BCUT2D eigenvalue weighted by molar-refractivity contribution is 0.00357. The molecule has 0 aliphatic carbocycles. The van der Waals surface area contributed by atoms with Gasteiger partial charge in [0.05, 0.1) is 11.6 Å². The molecular formula is C11H16ClNO3. The Labute approximate surface area is 100 Å². The minimum atomic E-state index is -0.387. The molecule has 0 saturated carbocycles. The standard InChI is InChI=1S/C11H16ClNO3/c1-4-15-7-8(2)16-11(14)10-5-9(12)6-13(10)3/h5-6,8H,4,7H2,1-3H3/t8-/m0/s1. The van der Waals surface area contributed by atoms with Crippen LogP contribution in [0.25, 0.3) is 0 Å². The first kappa shape index (κ1) is 13.1. The number of aryl methyl sites for hydroxylation is 1. The molecule has 16 heavy (non-hydrogen) atoms. The van der Waals surface area contributed by atoms with Crippen molar-refractivity contribution < 1.29 is 14.3 Å². The van der Waals surface area contributed by atoms with Crippen molar-refractivity contribution in [3.8, 4) is 0 Å². The van der Waals surface area contributed by atoms with Crippen LogP contribution in [0, 0.1) is 0 Å². The number of rotatable bonds is 5. The van der Waals surface area contributed by atoms with Crippen LogP contribution in [-0.2, 0) is 16.5 Å². The average Bonchev–Trinajstić information content (AvgIpc) is 2.54. The summed E-state index contributed by atoms with van der Waals surface area (Å²) in [7, 11) is 1.75. The van der Waals surface area contributed by atoms with Crippen LogP contribution in [-0.4, -0.2) is 29.9 Å². The Morgan fingerprint density at radius 1 is 1.62 bits per heavy atom. The molecule has 1 heterocycles. The fourth-order valence-corrected chi connectivity index (χ4v) is 1.54. The highest BCUT2D eigenvalue weighted by molar-refractivity contribution is 6.30. The molecule has 4 nitrogen and oxygen atoms in total. The van der Waals surface area contributed by atoms with E-state index in [0.717, 1.165) is 0 Å². The van der Waals surface area contributed by atoms with E-state index in [0.29, 0.717) is 23.9 Å². The summed E-state index contributed by atoms with van der Waals surface area (Å²) in [5, 5.41) is 0.520. The zero-order valence-electron chi connectivity index (χ0n) is 9.70. The quantitative estimate of drug-likeness (QED) is 0.747. The summed E-state index contributed by atoms with van der Waals surface area (Å²) in [5.41, 5.74) is 0.438. The molecule has 1 rings (SSSR count). The van der Waals surface area contributed by atoms with Gasteiger partial charge >= 0.3 is 5.97 Å². The number of ether oxygens (including phenoxy) is 2. The first-order chi connectivity index (χ1) is 7.54. The molecule has 0 N–H and O–H groups in total. The lowest BCUT2D eigenvalue weighted by Crippen LogP contribution is -2.21. The molecule has 0 fully saturated rings. The van der Waals surface area contributed by atoms with Crippen molar-refractivity contribution >= 4 is 17.6 Å². The number of nitrogens with zero attached hydrogens (tertiary/aromatic N) is 1. The monoisotopic (exact) mass is 245 g/mol. The van der Waals surface area contributed by atoms with Crippen LogP contribution in [0.2, 0.25) is 5.02 Å². The van der Waals surface area contributed by atoms with Crippen LogP contribution >= 0.6 is 11.6 Å². The summed E-state index contributed by atoms with van der Waals surface area (Å²) in [6.45, 7) is 4.70. The highest BCUT2D eigenvalue weighted by Gasteiger charge is 2.15. The Bertz CT molecular complexity index is 362. The smallest absolute Gasteiger partial charge is 0.355 e. The van der Waals surface area contributed by atoms with Crippen molar-refractivity contribution in [2.75, 3.05) is 13.2 Å². The van der Waals surface area contributed by atoms with Gasteiger partial charge in [0.25, 0.3) is 0 Å². The molecule has 0 spiro atoms. The fourth-order valence-electron chi connectivity index (χ4n) is 1.29. The van der Waals surface area contributed by atoms with Crippen LogP contribution in [0.1, 0.15) is 24.3 Å². The summed E-state index contributed by atoms with van der Waals surface area (Å²) < 4.78 is 12.0. The molecule has 0 aromatic carbocycles. The maximum Gasteiger partial charge on any atom is 0.355 e. The van der Waals surface area contributed by atoms with Crippen LogP contribution in [0.5, 0.6) is 0 Å². The molecule has 5 heteroatoms. The number of halogens is 1. The number of aromatic nitrogens is 1. The third kappa shape index (κ3) is 3.54. The topological polar surface area (TPSA) is 40.5 Å². The lowest BCUT2D eigenvalue weighted by Gasteiger charge is -2.13. The Balaban J connectivity index is 2.55. The van der Waals surface area contributed by atoms with Gasteiger partial charge in [0.2, 0.25) is 0 Å². The predicted molar refractivity (Wildman–Crippen MR) is 61.8 cm³/mol. The zero-order valence-corrected chi connectivity index (χ0v) is 10.5. The minimum Gasteiger partial charge on any atom is -0.456 e. The van der Waals surface area contributed by atoms with E-state index in [1.54, 1.807) is 30.8 Å². The minimum absolute atomic E-state index is 0.263. The molecular weight excluding hydrogens is 230 g/mol. The van der Waals surface area contributed by atoms with Gasteiger partial charge in [-0.2, -0.15) is 0 Å². The predicted octanol–water partition coefficient (Wildman–Crippen LogP) is 2.26. The largest absolute Gasteiger partial charge is 0.456 e. The van der Waals surface area contributed by atoms with E-state index in [1.807, 2.05) is 6.92 Å². The molecule has 0 unspecified atom stereocenters. The van der Waals surface area contributed by atoms with Gasteiger partial charge in [-0.1, -0.05) is 11.6 Å². The Hall–Kier alpha value is -1.00. The summed E-state index contributed by atoms with van der Waals surface area (Å²) in [6.07, 6.45) is 1.40. The molecule has 0 radical (unpaired) electrons. The second kappa shape index (κ2) is 5.92. The van der Waals surface area contributed by atoms with Gasteiger partial charge in [-0.25, -0.2) is 4.79 Å². The molecule has 0 aliphatic heterocycles. The van der Waals surface area contributed by atoms with E-state index >= 15 is 0 Å². The van der Waals surface area contributed by atoms with E-state index in [4.69, 9.17) is 21.1 Å². The van der Waals surface area contributed by atoms with Crippen molar-refractivity contribution in [2.45, 2.75) is 20.0 Å². The molecule has 0 saturated heterocycles. The van der Waals surface area contributed by atoms with E-state index < -0.39 is 0 Å². The van der Waals surface area contributed by atoms with Crippen molar-refractivity contribution in [2.24, 2.45) is 7.05 Å². The zero-order chi connectivity index (χ0) is 12.1. The number of esters is 1. The van der Waals surface area contributed by atoms with E-state index in [-0.39, 0.29) is 12.1 Å². The first-order valence-corrected chi connectivity index (χ1v) is 5.53. The summed E-state index contributed by atoms with van der Waals surface area (Å²) in [4.78, 5) is 11.7. The average molecular weight is 246 g/mol. The van der Waals surface area contributed by atoms with Gasteiger partial charge < -0.3 is 14.0 Å². The lowest BCUT2D eigenvalue weighted by atomic mass is 10.4. The maximum absolute atomic E-state index is 11.7. The molecule has 1 aromatic rings. The molecule has 90 valence electrons. The maximum atomic E-state index is 11.7. The van der Waals surface area contributed by atoms with Gasteiger partial charge in [0.15, 0.2) is 0 Å². The molecule has 0 bridgehead atoms. The third-order valence-corrected chi connectivity index (χ3v) is 2.25.